The number of nitrogens with zero attached hydrogens (tertiary/aromatic N) is 3. The number of ether oxygens (including phenoxy) is 1. The molecule has 0 aliphatic rings. The molecule has 2 heterocycles. The van der Waals surface area contributed by atoms with E-state index in [-0.39, 0.29) is 18.3 Å². The van der Waals surface area contributed by atoms with Gasteiger partial charge in [0.2, 0.25) is 0 Å². The number of pyridine rings is 1. The van der Waals surface area contributed by atoms with Crippen molar-refractivity contribution in [1.82, 2.24) is 9.78 Å². The number of hydrogen-bond acceptors (Lipinski definition) is 5. The van der Waals surface area contributed by atoms with Crippen molar-refractivity contribution in [2.45, 2.75) is 38.7 Å². The largest absolute Gasteiger partial charge is 0.494 e. The van der Waals surface area contributed by atoms with E-state index >= 15 is 0 Å². The summed E-state index contributed by atoms with van der Waals surface area (Å²) in [6, 6.07) is 7.41. The van der Waals surface area contributed by atoms with Crippen molar-refractivity contribution in [1.29, 1.82) is 0 Å². The third-order valence-corrected chi connectivity index (χ3v) is 5.16. The quantitative estimate of drug-likeness (QED) is 0.464. The lowest BCUT2D eigenvalue weighted by atomic mass is 10.1. The van der Waals surface area contributed by atoms with Crippen molar-refractivity contribution in [3.05, 3.63) is 47.9 Å². The number of aliphatic hydroxyl groups excluding tert-OH is 1. The van der Waals surface area contributed by atoms with Crippen molar-refractivity contribution >= 4 is 22.5 Å². The first-order valence-corrected chi connectivity index (χ1v) is 10.3. The first-order chi connectivity index (χ1) is 15.4. The Morgan fingerprint density at radius 3 is 2.69 bits per heavy atom. The summed E-state index contributed by atoms with van der Waals surface area (Å²) >= 11 is 0. The van der Waals surface area contributed by atoms with Crippen LogP contribution in [0.3, 0.4) is 0 Å². The molecule has 32 heavy (non-hydrogen) atoms. The van der Waals surface area contributed by atoms with Crippen molar-refractivity contribution < 1.29 is 33.0 Å². The summed E-state index contributed by atoms with van der Waals surface area (Å²) < 4.78 is 34.6. The lowest BCUT2D eigenvalue weighted by Gasteiger charge is -2.14. The van der Waals surface area contributed by atoms with Gasteiger partial charge in [0.15, 0.2) is 0 Å². The number of amides is 1. The summed E-state index contributed by atoms with van der Waals surface area (Å²) in [7, 11) is 2.68. The first-order valence-electron chi connectivity index (χ1n) is 10.3. The van der Waals surface area contributed by atoms with E-state index in [4.69, 9.17) is 9.57 Å². The lowest BCUT2D eigenvalue weighted by Crippen LogP contribution is -2.50. The Balaban J connectivity index is 1.97. The molecule has 172 valence electrons. The van der Waals surface area contributed by atoms with E-state index in [1.54, 1.807) is 12.1 Å². The fourth-order valence-electron chi connectivity index (χ4n) is 3.65. The van der Waals surface area contributed by atoms with Crippen LogP contribution in [0.5, 0.6) is 5.75 Å². The molecule has 3 aromatic rings. The molecule has 0 unspecified atom stereocenters. The van der Waals surface area contributed by atoms with Crippen LogP contribution < -0.4 is 19.6 Å². The molecule has 0 fully saturated rings. The van der Waals surface area contributed by atoms with Gasteiger partial charge in [-0.1, -0.05) is 13.3 Å². The van der Waals surface area contributed by atoms with Gasteiger partial charge in [0.05, 0.1) is 24.4 Å². The average molecular weight is 449 g/mol. The molecule has 0 aliphatic heterocycles. The Kier molecular flexibility index (Phi) is 7.57. The number of alkyl halides is 2. The first kappa shape index (κ1) is 23.4. The Morgan fingerprint density at radius 1 is 1.28 bits per heavy atom. The van der Waals surface area contributed by atoms with Crippen LogP contribution in [-0.2, 0) is 0 Å². The van der Waals surface area contributed by atoms with E-state index in [0.717, 1.165) is 23.0 Å². The van der Waals surface area contributed by atoms with Crippen LogP contribution in [-0.4, -0.2) is 41.6 Å². The molecule has 0 radical (unpaired) electrons. The number of rotatable bonds is 10. The molecular formula is C22H27F2N4O4+. The zero-order chi connectivity index (χ0) is 23.3. The van der Waals surface area contributed by atoms with E-state index in [1.165, 1.54) is 32.4 Å². The van der Waals surface area contributed by atoms with Crippen molar-refractivity contribution in [2.24, 2.45) is 0 Å². The molecule has 0 saturated heterocycles. The monoisotopic (exact) mass is 449 g/mol. The molecule has 1 atom stereocenters. The highest BCUT2D eigenvalue weighted by atomic mass is 19.3. The standard InChI is InChI=1S/C22H26F2N4O4/c1-4-6-15(9-10-29)27-13-14-11-17(20(31-2)12-16(14)26-27)25-22(30)19-8-5-7-18(21(23)24)28(19)32-3/h5,7-8,11-13,15,21,29H,4,6,9-10H2,1-3H3/p+1/t15-/m1/s1. The van der Waals surface area contributed by atoms with Gasteiger partial charge in [0.25, 0.3) is 0 Å². The number of halogens is 2. The molecule has 10 heteroatoms. The number of carbonyl (C=O) groups excluding carboxylic acids is 1. The third kappa shape index (κ3) is 4.80. The molecule has 2 aromatic heterocycles. The van der Waals surface area contributed by atoms with Gasteiger partial charge < -0.3 is 15.2 Å². The minimum Gasteiger partial charge on any atom is -0.494 e. The van der Waals surface area contributed by atoms with Gasteiger partial charge >= 0.3 is 23.7 Å². The highest BCUT2D eigenvalue weighted by molar-refractivity contribution is 6.04. The van der Waals surface area contributed by atoms with Crippen molar-refractivity contribution in [3.63, 3.8) is 0 Å². The van der Waals surface area contributed by atoms with Gasteiger partial charge in [0, 0.05) is 41.1 Å². The molecule has 1 aromatic carbocycles. The van der Waals surface area contributed by atoms with E-state index in [2.05, 4.69) is 17.3 Å². The van der Waals surface area contributed by atoms with E-state index in [1.807, 2.05) is 10.9 Å². The van der Waals surface area contributed by atoms with Gasteiger partial charge in [0.1, 0.15) is 12.9 Å². The number of nitrogens with one attached hydrogen (secondary N) is 1. The van der Waals surface area contributed by atoms with E-state index < -0.39 is 18.0 Å². The molecule has 0 saturated carbocycles. The number of aliphatic hydroxyl groups is 1. The number of carbonyl (C=O) groups is 1. The van der Waals surface area contributed by atoms with Gasteiger partial charge in [-0.15, -0.1) is 0 Å². The second-order valence-electron chi connectivity index (χ2n) is 7.24. The Bertz CT molecular complexity index is 1080. The van der Waals surface area contributed by atoms with Crippen LogP contribution in [0.2, 0.25) is 0 Å². The van der Waals surface area contributed by atoms with Crippen LogP contribution >= 0.6 is 0 Å². The predicted molar refractivity (Wildman–Crippen MR) is 114 cm³/mol. The number of fused-ring (bicyclic) bond motifs is 1. The maximum absolute atomic E-state index is 13.3. The smallest absolute Gasteiger partial charge is 0.325 e. The fourth-order valence-corrected chi connectivity index (χ4v) is 3.65. The van der Waals surface area contributed by atoms with Gasteiger partial charge in [-0.25, -0.2) is 0 Å². The number of aromatic nitrogens is 3. The zero-order valence-electron chi connectivity index (χ0n) is 18.2. The van der Waals surface area contributed by atoms with Crippen LogP contribution in [0.1, 0.15) is 54.8 Å². The highest BCUT2D eigenvalue weighted by Gasteiger charge is 2.30. The molecule has 1 amide bonds. The number of hydrogen-bond donors (Lipinski definition) is 2. The topological polar surface area (TPSA) is 89.5 Å². The average Bonchev–Trinajstić information content (AvgIpc) is 3.20. The second-order valence-corrected chi connectivity index (χ2v) is 7.24. The molecule has 0 spiro atoms. The predicted octanol–water partition coefficient (Wildman–Crippen LogP) is 3.30. The fraction of sp³-hybridized carbons (Fsp3) is 0.409. The maximum atomic E-state index is 13.3. The number of methoxy groups -OCH3 is 1. The summed E-state index contributed by atoms with van der Waals surface area (Å²) in [5.74, 6) is -0.261. The summed E-state index contributed by atoms with van der Waals surface area (Å²) in [5, 5.41) is 17.4. The van der Waals surface area contributed by atoms with Crippen LogP contribution in [0, 0.1) is 0 Å². The van der Waals surface area contributed by atoms with E-state index in [0.29, 0.717) is 23.4 Å². The molecule has 0 aliphatic carbocycles. The summed E-state index contributed by atoms with van der Waals surface area (Å²) in [6.45, 7) is 2.13. The SMILES string of the molecule is CCC[C@H](CCO)n1cc2cc(NC(=O)c3cccc(C(F)F)[n+]3OC)c(OC)cc2n1. The minimum atomic E-state index is -2.81. The highest BCUT2D eigenvalue weighted by Crippen LogP contribution is 2.31. The Morgan fingerprint density at radius 2 is 2.06 bits per heavy atom. The third-order valence-electron chi connectivity index (χ3n) is 5.16. The molecule has 8 nitrogen and oxygen atoms in total. The summed E-state index contributed by atoms with van der Waals surface area (Å²) in [4.78, 5) is 17.9. The second kappa shape index (κ2) is 10.4. The lowest BCUT2D eigenvalue weighted by molar-refractivity contribution is -0.893. The Labute approximate surface area is 184 Å². The van der Waals surface area contributed by atoms with E-state index in [9.17, 15) is 18.7 Å². The zero-order valence-corrected chi connectivity index (χ0v) is 18.2. The summed E-state index contributed by atoms with van der Waals surface area (Å²) in [5.41, 5.74) is 0.512. The molecule has 2 N–H and O–H groups in total. The number of benzene rings is 1. The van der Waals surface area contributed by atoms with Crippen LogP contribution in [0.15, 0.2) is 36.5 Å². The molecule has 3 rings (SSSR count). The summed E-state index contributed by atoms with van der Waals surface area (Å²) in [6.07, 6.45) is 1.44. The number of anilines is 1. The Hall–Kier alpha value is -3.27. The molecular weight excluding hydrogens is 422 g/mol. The maximum Gasteiger partial charge on any atom is 0.325 e. The van der Waals surface area contributed by atoms with Crippen molar-refractivity contribution in [2.75, 3.05) is 26.1 Å². The van der Waals surface area contributed by atoms with Crippen LogP contribution in [0.25, 0.3) is 10.9 Å². The van der Waals surface area contributed by atoms with Gasteiger partial charge in [-0.2, -0.15) is 13.9 Å². The van der Waals surface area contributed by atoms with Gasteiger partial charge in [-0.3, -0.25) is 14.3 Å². The minimum absolute atomic E-state index is 0.0548. The van der Waals surface area contributed by atoms with Crippen molar-refractivity contribution in [3.8, 4) is 5.75 Å². The normalized spacial score (nSPS) is 12.2. The molecule has 0 bridgehead atoms. The van der Waals surface area contributed by atoms with Gasteiger partial charge in [-0.05, 0) is 25.0 Å². The van der Waals surface area contributed by atoms with Crippen LogP contribution in [0.4, 0.5) is 14.5 Å².